The zero-order chi connectivity index (χ0) is 16.1. The van der Waals surface area contributed by atoms with Crippen LogP contribution in [0.15, 0.2) is 23.7 Å². The van der Waals surface area contributed by atoms with Crippen molar-refractivity contribution < 1.29 is 4.79 Å². The highest BCUT2D eigenvalue weighted by atomic mass is 35.5. The maximum absolute atomic E-state index is 12.4. The van der Waals surface area contributed by atoms with Crippen LogP contribution in [-0.2, 0) is 11.2 Å². The summed E-state index contributed by atoms with van der Waals surface area (Å²) in [7, 11) is 0. The molecule has 0 bridgehead atoms. The lowest BCUT2D eigenvalue weighted by Crippen LogP contribution is -2.33. The van der Waals surface area contributed by atoms with E-state index in [9.17, 15) is 4.79 Å². The second-order valence-electron chi connectivity index (χ2n) is 5.60. The molecule has 1 amide bonds. The lowest BCUT2D eigenvalue weighted by atomic mass is 10.2. The van der Waals surface area contributed by atoms with Crippen LogP contribution >= 0.6 is 22.9 Å². The van der Waals surface area contributed by atoms with Gasteiger partial charge in [-0.1, -0.05) is 24.4 Å². The lowest BCUT2D eigenvalue weighted by molar-refractivity contribution is -0.130. The average molecular weight is 351 g/mol. The van der Waals surface area contributed by atoms with Gasteiger partial charge in [0, 0.05) is 24.7 Å². The summed E-state index contributed by atoms with van der Waals surface area (Å²) in [5.41, 5.74) is 0.806. The fraction of sp³-hybridized carbons (Fsp3) is 0.438. The van der Waals surface area contributed by atoms with Crippen molar-refractivity contribution >= 4 is 39.8 Å². The molecule has 1 fully saturated rings. The molecule has 5 nitrogen and oxygen atoms in total. The lowest BCUT2D eigenvalue weighted by Gasteiger charge is -2.19. The number of nitrogens with one attached hydrogen (secondary N) is 1. The highest BCUT2D eigenvalue weighted by molar-refractivity contribution is 7.13. The van der Waals surface area contributed by atoms with Gasteiger partial charge in [0.25, 0.3) is 0 Å². The molecule has 122 valence electrons. The van der Waals surface area contributed by atoms with Crippen molar-refractivity contribution in [1.29, 1.82) is 0 Å². The highest BCUT2D eigenvalue weighted by Gasteiger charge is 2.17. The van der Waals surface area contributed by atoms with Crippen molar-refractivity contribution in [3.8, 4) is 0 Å². The molecule has 2 aromatic rings. The van der Waals surface area contributed by atoms with Crippen molar-refractivity contribution in [3.63, 3.8) is 0 Å². The summed E-state index contributed by atoms with van der Waals surface area (Å²) in [5.74, 6) is 0.863. The minimum absolute atomic E-state index is 0.174. The SMILES string of the molecule is O=C(Cc1csc(Nc2ccc(Cl)cn2)n1)N1CCCCCC1. The quantitative estimate of drug-likeness (QED) is 0.909. The summed E-state index contributed by atoms with van der Waals surface area (Å²) in [5, 5.41) is 6.38. The molecule has 1 N–H and O–H groups in total. The Balaban J connectivity index is 1.58. The van der Waals surface area contributed by atoms with E-state index in [0.717, 1.165) is 36.8 Å². The zero-order valence-corrected chi connectivity index (χ0v) is 14.4. The number of aromatic nitrogens is 2. The van der Waals surface area contributed by atoms with Crippen molar-refractivity contribution in [1.82, 2.24) is 14.9 Å². The molecular formula is C16H19ClN4OS. The van der Waals surface area contributed by atoms with Crippen LogP contribution in [-0.4, -0.2) is 33.9 Å². The molecule has 1 saturated heterocycles. The number of nitrogens with zero attached hydrogens (tertiary/aromatic N) is 3. The summed E-state index contributed by atoms with van der Waals surface area (Å²) in [6.45, 7) is 1.76. The molecule has 0 saturated carbocycles. The third kappa shape index (κ3) is 4.65. The van der Waals surface area contributed by atoms with Gasteiger partial charge in [-0.3, -0.25) is 4.79 Å². The predicted octanol–water partition coefficient (Wildman–Crippen LogP) is 3.88. The number of carbonyl (C=O) groups is 1. The van der Waals surface area contributed by atoms with Gasteiger partial charge in [-0.2, -0.15) is 0 Å². The molecule has 0 atom stereocenters. The first kappa shape index (κ1) is 16.2. The summed E-state index contributed by atoms with van der Waals surface area (Å²) >= 11 is 7.29. The Morgan fingerprint density at radius 1 is 1.26 bits per heavy atom. The van der Waals surface area contributed by atoms with Gasteiger partial charge >= 0.3 is 0 Å². The van der Waals surface area contributed by atoms with Crippen LogP contribution in [0.1, 0.15) is 31.4 Å². The average Bonchev–Trinajstić information content (AvgIpc) is 2.81. The maximum atomic E-state index is 12.4. The number of rotatable bonds is 4. The summed E-state index contributed by atoms with van der Waals surface area (Å²) < 4.78 is 0. The van der Waals surface area contributed by atoms with Gasteiger partial charge in [-0.05, 0) is 25.0 Å². The number of carbonyl (C=O) groups excluding carboxylic acids is 1. The molecule has 23 heavy (non-hydrogen) atoms. The molecule has 0 aliphatic carbocycles. The molecular weight excluding hydrogens is 332 g/mol. The largest absolute Gasteiger partial charge is 0.342 e. The number of hydrogen-bond donors (Lipinski definition) is 1. The van der Waals surface area contributed by atoms with Gasteiger partial charge in [0.05, 0.1) is 17.1 Å². The predicted molar refractivity (Wildman–Crippen MR) is 93.4 cm³/mol. The van der Waals surface area contributed by atoms with Crippen LogP contribution in [0.3, 0.4) is 0 Å². The molecule has 3 rings (SSSR count). The van der Waals surface area contributed by atoms with Crippen molar-refractivity contribution in [2.24, 2.45) is 0 Å². The Morgan fingerprint density at radius 3 is 2.74 bits per heavy atom. The number of thiazole rings is 1. The van der Waals surface area contributed by atoms with Gasteiger partial charge in [0.15, 0.2) is 5.13 Å². The molecule has 0 unspecified atom stereocenters. The maximum Gasteiger partial charge on any atom is 0.228 e. The van der Waals surface area contributed by atoms with Gasteiger partial charge in [0.2, 0.25) is 5.91 Å². The van der Waals surface area contributed by atoms with Crippen LogP contribution in [0.25, 0.3) is 0 Å². The number of halogens is 1. The third-order valence-electron chi connectivity index (χ3n) is 3.81. The normalized spacial score (nSPS) is 15.3. The van der Waals surface area contributed by atoms with Gasteiger partial charge in [-0.15, -0.1) is 11.3 Å². The zero-order valence-electron chi connectivity index (χ0n) is 12.8. The van der Waals surface area contributed by atoms with Crippen LogP contribution in [0.2, 0.25) is 5.02 Å². The topological polar surface area (TPSA) is 58.1 Å². The number of amides is 1. The second kappa shape index (κ2) is 7.75. The second-order valence-corrected chi connectivity index (χ2v) is 6.90. The van der Waals surface area contributed by atoms with E-state index in [-0.39, 0.29) is 5.91 Å². The fourth-order valence-corrected chi connectivity index (χ4v) is 3.42. The number of hydrogen-bond acceptors (Lipinski definition) is 5. The minimum atomic E-state index is 0.174. The Kier molecular flexibility index (Phi) is 5.46. The molecule has 1 aliphatic rings. The fourth-order valence-electron chi connectivity index (χ4n) is 2.59. The Hall–Kier alpha value is -1.66. The van der Waals surface area contributed by atoms with E-state index in [0.29, 0.717) is 17.3 Å². The molecule has 0 spiro atoms. The van der Waals surface area contributed by atoms with Gasteiger partial charge < -0.3 is 10.2 Å². The van der Waals surface area contributed by atoms with E-state index in [1.165, 1.54) is 24.2 Å². The first-order valence-electron chi connectivity index (χ1n) is 7.81. The monoisotopic (exact) mass is 350 g/mol. The molecule has 0 aromatic carbocycles. The highest BCUT2D eigenvalue weighted by Crippen LogP contribution is 2.21. The standard InChI is InChI=1S/C16H19ClN4OS/c17-12-5-6-14(18-10-12)20-16-19-13(11-23-16)9-15(22)21-7-3-1-2-4-8-21/h5-6,10-11H,1-4,7-9H2,(H,18,19,20). The van der Waals surface area contributed by atoms with Gasteiger partial charge in [0.1, 0.15) is 5.82 Å². The van der Waals surface area contributed by atoms with E-state index >= 15 is 0 Å². The summed E-state index contributed by atoms with van der Waals surface area (Å²) in [6.07, 6.45) is 6.62. The summed E-state index contributed by atoms with van der Waals surface area (Å²) in [4.78, 5) is 23.0. The van der Waals surface area contributed by atoms with Crippen LogP contribution in [0.4, 0.5) is 10.9 Å². The number of anilines is 2. The molecule has 7 heteroatoms. The Labute approximate surface area is 144 Å². The smallest absolute Gasteiger partial charge is 0.228 e. The van der Waals surface area contributed by atoms with Crippen molar-refractivity contribution in [2.45, 2.75) is 32.1 Å². The number of likely N-dealkylation sites (tertiary alicyclic amines) is 1. The Morgan fingerprint density at radius 2 is 2.04 bits per heavy atom. The molecule has 3 heterocycles. The van der Waals surface area contributed by atoms with Crippen molar-refractivity contribution in [3.05, 3.63) is 34.4 Å². The number of pyridine rings is 1. The molecule has 0 radical (unpaired) electrons. The first-order valence-corrected chi connectivity index (χ1v) is 9.07. The minimum Gasteiger partial charge on any atom is -0.342 e. The third-order valence-corrected chi connectivity index (χ3v) is 4.84. The van der Waals surface area contributed by atoms with Crippen LogP contribution in [0, 0.1) is 0 Å². The van der Waals surface area contributed by atoms with E-state index in [2.05, 4.69) is 15.3 Å². The van der Waals surface area contributed by atoms with E-state index in [1.54, 1.807) is 18.3 Å². The van der Waals surface area contributed by atoms with Crippen molar-refractivity contribution in [2.75, 3.05) is 18.4 Å². The molecule has 1 aliphatic heterocycles. The van der Waals surface area contributed by atoms with Crippen LogP contribution < -0.4 is 5.32 Å². The summed E-state index contributed by atoms with van der Waals surface area (Å²) in [6, 6.07) is 3.57. The van der Waals surface area contributed by atoms with E-state index in [1.807, 2.05) is 10.3 Å². The van der Waals surface area contributed by atoms with E-state index in [4.69, 9.17) is 11.6 Å². The van der Waals surface area contributed by atoms with Gasteiger partial charge in [-0.25, -0.2) is 9.97 Å². The van der Waals surface area contributed by atoms with E-state index < -0.39 is 0 Å². The first-order chi connectivity index (χ1) is 11.2. The molecule has 2 aromatic heterocycles. The van der Waals surface area contributed by atoms with Crippen LogP contribution in [0.5, 0.6) is 0 Å². The Bertz CT molecular complexity index is 650.